The first-order valence-corrected chi connectivity index (χ1v) is 18.9. The van der Waals surface area contributed by atoms with E-state index >= 15 is 0 Å². The summed E-state index contributed by atoms with van der Waals surface area (Å²) < 4.78 is 0. The van der Waals surface area contributed by atoms with Gasteiger partial charge in [-0.1, -0.05) is 109 Å². The maximum atomic E-state index is 12.9. The lowest BCUT2D eigenvalue weighted by atomic mass is 10.1. The van der Waals surface area contributed by atoms with Gasteiger partial charge in [0.1, 0.15) is 6.04 Å². The number of hydrogen-bond donors (Lipinski definition) is 5. The maximum absolute atomic E-state index is 12.9. The molecular weight excluding hydrogens is 562 g/mol. The van der Waals surface area contributed by atoms with E-state index in [0.717, 1.165) is 64.2 Å². The van der Waals surface area contributed by atoms with E-state index in [0.29, 0.717) is 38.9 Å². The average molecular weight is 636 g/mol. The summed E-state index contributed by atoms with van der Waals surface area (Å²) >= 11 is 0. The summed E-state index contributed by atoms with van der Waals surface area (Å²) in [6.07, 6.45) is 31.1. The van der Waals surface area contributed by atoms with Crippen LogP contribution in [0.2, 0.25) is 0 Å². The van der Waals surface area contributed by atoms with Crippen molar-refractivity contribution < 1.29 is 14.4 Å². The largest absolute Gasteiger partial charge is 0.355 e. The quantitative estimate of drug-likeness (QED) is 0.0379. The second-order valence-electron chi connectivity index (χ2n) is 12.8. The Morgan fingerprint density at radius 2 is 1.07 bits per heavy atom. The van der Waals surface area contributed by atoms with Crippen molar-refractivity contribution in [3.05, 3.63) is 12.2 Å². The molecule has 0 radical (unpaired) electrons. The zero-order valence-electron chi connectivity index (χ0n) is 29.5. The zero-order valence-corrected chi connectivity index (χ0v) is 29.5. The number of carbonyl (C=O) groups excluding carboxylic acids is 3. The van der Waals surface area contributed by atoms with E-state index in [2.05, 4.69) is 41.9 Å². The van der Waals surface area contributed by atoms with Gasteiger partial charge in [-0.3, -0.25) is 14.4 Å². The standard InChI is InChI=1S/C37H73N5O3/c1-3-5-7-9-10-11-12-13-14-15-16-17-18-19-21-29-35(43)42-34(37(45)41-31-25-20-8-6-4-2)28-23-26-32-40-36(44)33(39)27-22-24-30-38/h13-14,33-34H,3-12,15-32,38-39H2,1-2H3,(H,40,44)(H,41,45)(H,42,43)/b14-13-. The van der Waals surface area contributed by atoms with Crippen LogP contribution in [0.4, 0.5) is 0 Å². The number of allylic oxidation sites excluding steroid dienone is 2. The van der Waals surface area contributed by atoms with Crippen LogP contribution in [0, 0.1) is 0 Å². The number of rotatable bonds is 33. The first-order chi connectivity index (χ1) is 22.0. The maximum Gasteiger partial charge on any atom is 0.242 e. The van der Waals surface area contributed by atoms with Crippen molar-refractivity contribution in [2.45, 2.75) is 186 Å². The molecule has 0 rings (SSSR count). The van der Waals surface area contributed by atoms with Crippen molar-refractivity contribution in [2.24, 2.45) is 11.5 Å². The van der Waals surface area contributed by atoms with Crippen molar-refractivity contribution in [1.82, 2.24) is 16.0 Å². The van der Waals surface area contributed by atoms with Crippen molar-refractivity contribution in [1.29, 1.82) is 0 Å². The van der Waals surface area contributed by atoms with Gasteiger partial charge in [-0.2, -0.15) is 0 Å². The van der Waals surface area contributed by atoms with Gasteiger partial charge in [-0.05, 0) is 77.2 Å². The average Bonchev–Trinajstić information content (AvgIpc) is 3.03. The highest BCUT2D eigenvalue weighted by Gasteiger charge is 2.20. The van der Waals surface area contributed by atoms with Crippen LogP contribution in [-0.4, -0.2) is 49.4 Å². The summed E-state index contributed by atoms with van der Waals surface area (Å²) in [6, 6.07) is -1.05. The van der Waals surface area contributed by atoms with E-state index in [1.165, 1.54) is 77.0 Å². The molecule has 264 valence electrons. The SMILES string of the molecule is CCCCCCCC/C=C\CCCCCCCC(=O)NC(CCCCNC(=O)C(N)CCCCN)C(=O)NCCCCCCC. The minimum Gasteiger partial charge on any atom is -0.355 e. The Morgan fingerprint density at radius 3 is 1.67 bits per heavy atom. The van der Waals surface area contributed by atoms with Gasteiger partial charge in [-0.25, -0.2) is 0 Å². The monoisotopic (exact) mass is 636 g/mol. The summed E-state index contributed by atoms with van der Waals surface area (Å²) in [7, 11) is 0. The molecule has 8 heteroatoms. The second kappa shape index (κ2) is 33.4. The van der Waals surface area contributed by atoms with Gasteiger partial charge >= 0.3 is 0 Å². The van der Waals surface area contributed by atoms with E-state index in [1.807, 2.05) is 0 Å². The molecule has 2 atom stereocenters. The molecule has 0 fully saturated rings. The lowest BCUT2D eigenvalue weighted by Gasteiger charge is -2.19. The van der Waals surface area contributed by atoms with Crippen molar-refractivity contribution in [3.8, 4) is 0 Å². The summed E-state index contributed by atoms with van der Waals surface area (Å²) in [5.41, 5.74) is 11.5. The summed E-state index contributed by atoms with van der Waals surface area (Å²) in [5, 5.41) is 8.92. The van der Waals surface area contributed by atoms with Gasteiger partial charge in [0, 0.05) is 19.5 Å². The Hall–Kier alpha value is -1.93. The number of nitrogens with two attached hydrogens (primary N) is 2. The summed E-state index contributed by atoms with van der Waals surface area (Å²) in [4.78, 5) is 37.9. The van der Waals surface area contributed by atoms with Crippen LogP contribution < -0.4 is 27.4 Å². The molecule has 0 aromatic rings. The Kier molecular flexibility index (Phi) is 32.0. The minimum atomic E-state index is -0.537. The third-order valence-electron chi connectivity index (χ3n) is 8.42. The van der Waals surface area contributed by atoms with Crippen LogP contribution in [0.5, 0.6) is 0 Å². The predicted molar refractivity (Wildman–Crippen MR) is 191 cm³/mol. The summed E-state index contributed by atoms with van der Waals surface area (Å²) in [5.74, 6) is -0.292. The highest BCUT2D eigenvalue weighted by molar-refractivity contribution is 5.87. The molecule has 0 saturated carbocycles. The van der Waals surface area contributed by atoms with Crippen LogP contribution in [0.1, 0.15) is 174 Å². The van der Waals surface area contributed by atoms with Gasteiger partial charge in [0.05, 0.1) is 6.04 Å². The van der Waals surface area contributed by atoms with Crippen molar-refractivity contribution in [2.75, 3.05) is 19.6 Å². The molecule has 3 amide bonds. The normalized spacial score (nSPS) is 12.7. The van der Waals surface area contributed by atoms with Crippen LogP contribution >= 0.6 is 0 Å². The molecule has 45 heavy (non-hydrogen) atoms. The lowest BCUT2D eigenvalue weighted by Crippen LogP contribution is -2.47. The van der Waals surface area contributed by atoms with Gasteiger partial charge in [-0.15, -0.1) is 0 Å². The second-order valence-corrected chi connectivity index (χ2v) is 12.8. The molecule has 0 aromatic carbocycles. The number of unbranched alkanes of at least 4 members (excludes halogenated alkanes) is 17. The number of hydrogen-bond acceptors (Lipinski definition) is 5. The Morgan fingerprint density at radius 1 is 0.578 bits per heavy atom. The van der Waals surface area contributed by atoms with Crippen LogP contribution in [-0.2, 0) is 14.4 Å². The molecule has 0 saturated heterocycles. The molecule has 0 heterocycles. The van der Waals surface area contributed by atoms with E-state index in [-0.39, 0.29) is 17.7 Å². The molecule has 2 unspecified atom stereocenters. The Balaban J connectivity index is 4.28. The van der Waals surface area contributed by atoms with Crippen LogP contribution in [0.3, 0.4) is 0 Å². The number of amides is 3. The summed E-state index contributed by atoms with van der Waals surface area (Å²) in [6.45, 7) is 6.21. The van der Waals surface area contributed by atoms with Crippen LogP contribution in [0.15, 0.2) is 12.2 Å². The van der Waals surface area contributed by atoms with Gasteiger partial charge in [0.15, 0.2) is 0 Å². The predicted octanol–water partition coefficient (Wildman–Crippen LogP) is 7.34. The lowest BCUT2D eigenvalue weighted by molar-refractivity contribution is -0.129. The molecule has 0 aromatic heterocycles. The Labute approximate surface area is 277 Å². The number of nitrogens with one attached hydrogen (secondary N) is 3. The van der Waals surface area contributed by atoms with Crippen LogP contribution in [0.25, 0.3) is 0 Å². The van der Waals surface area contributed by atoms with Crippen molar-refractivity contribution >= 4 is 17.7 Å². The zero-order chi connectivity index (χ0) is 33.2. The smallest absolute Gasteiger partial charge is 0.242 e. The molecule has 0 aliphatic carbocycles. The third-order valence-corrected chi connectivity index (χ3v) is 8.42. The molecule has 0 spiro atoms. The molecule has 0 bridgehead atoms. The van der Waals surface area contributed by atoms with Gasteiger partial charge in [0.25, 0.3) is 0 Å². The van der Waals surface area contributed by atoms with E-state index < -0.39 is 12.1 Å². The highest BCUT2D eigenvalue weighted by atomic mass is 16.2. The topological polar surface area (TPSA) is 139 Å². The highest BCUT2D eigenvalue weighted by Crippen LogP contribution is 2.11. The molecule has 8 nitrogen and oxygen atoms in total. The molecular formula is C37H73N5O3. The van der Waals surface area contributed by atoms with E-state index in [4.69, 9.17) is 11.5 Å². The van der Waals surface area contributed by atoms with Crippen molar-refractivity contribution in [3.63, 3.8) is 0 Å². The first kappa shape index (κ1) is 43.1. The minimum absolute atomic E-state index is 0.0486. The first-order valence-electron chi connectivity index (χ1n) is 18.9. The molecule has 0 aliphatic heterocycles. The van der Waals surface area contributed by atoms with Gasteiger partial charge in [0.2, 0.25) is 17.7 Å². The van der Waals surface area contributed by atoms with Gasteiger partial charge < -0.3 is 27.4 Å². The fourth-order valence-electron chi connectivity index (χ4n) is 5.41. The molecule has 0 aliphatic rings. The fourth-order valence-corrected chi connectivity index (χ4v) is 5.41. The number of carbonyl (C=O) groups is 3. The fraction of sp³-hybridized carbons (Fsp3) is 0.865. The molecule has 7 N–H and O–H groups in total. The van der Waals surface area contributed by atoms with E-state index in [9.17, 15) is 14.4 Å². The van der Waals surface area contributed by atoms with E-state index in [1.54, 1.807) is 0 Å². The third kappa shape index (κ3) is 29.2. The Bertz CT molecular complexity index is 731.